The lowest BCUT2D eigenvalue weighted by Gasteiger charge is -2.19. The van der Waals surface area contributed by atoms with E-state index in [9.17, 15) is 9.90 Å². The van der Waals surface area contributed by atoms with Gasteiger partial charge in [0.15, 0.2) is 0 Å². The molecule has 0 saturated carbocycles. The third-order valence-corrected chi connectivity index (χ3v) is 3.14. The Morgan fingerprint density at radius 3 is 2.88 bits per heavy atom. The maximum absolute atomic E-state index is 11.3. The van der Waals surface area contributed by atoms with E-state index < -0.39 is 11.4 Å². The largest absolute Gasteiger partial charge is 0.492 e. The van der Waals surface area contributed by atoms with Crippen molar-refractivity contribution in [1.29, 1.82) is 0 Å². The van der Waals surface area contributed by atoms with Gasteiger partial charge in [-0.15, -0.1) is 6.58 Å². The Hall–Kier alpha value is -1.77. The number of rotatable bonds is 2. The number of hydrogen-bond donors (Lipinski definition) is 1. The third-order valence-electron chi connectivity index (χ3n) is 3.14. The van der Waals surface area contributed by atoms with Crippen LogP contribution in [0.2, 0.25) is 0 Å². The molecule has 0 fully saturated rings. The van der Waals surface area contributed by atoms with Gasteiger partial charge in [-0.1, -0.05) is 12.1 Å². The number of carbonyl (C=O) groups is 1. The topological polar surface area (TPSA) is 46.5 Å². The molecule has 0 amide bonds. The second-order valence-electron chi connectivity index (χ2n) is 4.35. The van der Waals surface area contributed by atoms with Crippen LogP contribution >= 0.6 is 0 Å². The number of carboxylic acid groups (broad SMARTS) is 1. The van der Waals surface area contributed by atoms with Gasteiger partial charge in [0.1, 0.15) is 12.4 Å². The zero-order chi connectivity index (χ0) is 11.9. The predicted octanol–water partition coefficient (Wildman–Crippen LogP) is 2.53. The number of ether oxygens (including phenoxy) is 1. The molecule has 0 bridgehead atoms. The van der Waals surface area contributed by atoms with Crippen LogP contribution in [0.15, 0.2) is 24.8 Å². The summed E-state index contributed by atoms with van der Waals surface area (Å²) in [6.45, 7) is 7.96. The highest BCUT2D eigenvalue weighted by Gasteiger charge is 2.38. The average Bonchev–Trinajstić information content (AvgIpc) is 2.57. The predicted molar refractivity (Wildman–Crippen MR) is 61.2 cm³/mol. The molecule has 0 aliphatic carbocycles. The third kappa shape index (κ3) is 1.32. The van der Waals surface area contributed by atoms with Crippen LogP contribution in [0.25, 0.3) is 0 Å². The number of fused-ring (bicyclic) bond motifs is 1. The molecule has 16 heavy (non-hydrogen) atoms. The molecule has 1 atom stereocenters. The van der Waals surface area contributed by atoms with E-state index >= 15 is 0 Å². The number of carboxylic acids is 1. The van der Waals surface area contributed by atoms with E-state index in [1.165, 1.54) is 0 Å². The Kier molecular flexibility index (Phi) is 2.26. The highest BCUT2D eigenvalue weighted by Crippen LogP contribution is 2.42. The van der Waals surface area contributed by atoms with E-state index in [2.05, 4.69) is 6.58 Å². The quantitative estimate of drug-likeness (QED) is 0.776. The molecule has 0 aromatic heterocycles. The summed E-state index contributed by atoms with van der Waals surface area (Å²) in [6.07, 6.45) is 1.75. The van der Waals surface area contributed by atoms with Crippen molar-refractivity contribution in [2.24, 2.45) is 0 Å². The average molecular weight is 218 g/mol. The second-order valence-corrected chi connectivity index (χ2v) is 4.35. The van der Waals surface area contributed by atoms with Crippen LogP contribution in [0.3, 0.4) is 0 Å². The van der Waals surface area contributed by atoms with E-state index in [-0.39, 0.29) is 0 Å². The molecule has 1 aliphatic rings. The van der Waals surface area contributed by atoms with Gasteiger partial charge in [0, 0.05) is 11.0 Å². The molecule has 1 aromatic carbocycles. The van der Waals surface area contributed by atoms with Crippen molar-refractivity contribution in [3.05, 3.63) is 41.5 Å². The zero-order valence-corrected chi connectivity index (χ0v) is 9.41. The van der Waals surface area contributed by atoms with Crippen molar-refractivity contribution < 1.29 is 14.6 Å². The van der Waals surface area contributed by atoms with Gasteiger partial charge in [0.2, 0.25) is 0 Å². The van der Waals surface area contributed by atoms with Gasteiger partial charge >= 0.3 is 5.97 Å². The zero-order valence-electron chi connectivity index (χ0n) is 9.41. The molecule has 1 N–H and O–H groups in total. The van der Waals surface area contributed by atoms with Crippen molar-refractivity contribution in [3.63, 3.8) is 0 Å². The minimum absolute atomic E-state index is 0.345. The molecular formula is C13H14O3. The normalized spacial score (nSPS) is 22.4. The summed E-state index contributed by atoms with van der Waals surface area (Å²) in [5.41, 5.74) is 1.44. The minimum Gasteiger partial charge on any atom is -0.492 e. The fourth-order valence-electron chi connectivity index (χ4n) is 2.11. The molecule has 0 spiro atoms. The number of hydrogen-bond acceptors (Lipinski definition) is 2. The summed E-state index contributed by atoms with van der Waals surface area (Å²) in [4.78, 5) is 11.3. The lowest BCUT2D eigenvalue weighted by atomic mass is 9.80. The monoisotopic (exact) mass is 218 g/mol. The summed E-state index contributed by atoms with van der Waals surface area (Å²) in [5.74, 6) is -0.252. The van der Waals surface area contributed by atoms with Crippen molar-refractivity contribution in [2.45, 2.75) is 19.3 Å². The Bertz CT molecular complexity index is 476. The summed E-state index contributed by atoms with van der Waals surface area (Å²) in [7, 11) is 0. The van der Waals surface area contributed by atoms with Crippen LogP contribution in [0.1, 0.15) is 28.4 Å². The SMILES string of the molecule is C=CC1(C)COc2ccc(C)c(C(=O)O)c21. The van der Waals surface area contributed by atoms with E-state index in [1.807, 2.05) is 13.0 Å². The Labute approximate surface area is 94.4 Å². The van der Waals surface area contributed by atoms with Gasteiger partial charge in [0.25, 0.3) is 0 Å². The van der Waals surface area contributed by atoms with Gasteiger partial charge in [-0.05, 0) is 25.5 Å². The van der Waals surface area contributed by atoms with Gasteiger partial charge < -0.3 is 9.84 Å². The van der Waals surface area contributed by atoms with E-state index in [0.717, 1.165) is 11.1 Å². The standard InChI is InChI=1S/C13H14O3/c1-4-13(3)7-16-9-6-5-8(2)10(11(9)13)12(14)15/h4-6H,1,7H2,2-3H3,(H,14,15). The van der Waals surface area contributed by atoms with Crippen molar-refractivity contribution in [3.8, 4) is 5.75 Å². The molecule has 84 valence electrons. The summed E-state index contributed by atoms with van der Waals surface area (Å²) in [6, 6.07) is 3.60. The van der Waals surface area contributed by atoms with Crippen LogP contribution in [0.4, 0.5) is 0 Å². The van der Waals surface area contributed by atoms with Gasteiger partial charge in [-0.25, -0.2) is 4.79 Å². The molecule has 2 rings (SSSR count). The second kappa shape index (κ2) is 3.37. The van der Waals surface area contributed by atoms with Gasteiger partial charge in [0.05, 0.1) is 5.56 Å². The maximum Gasteiger partial charge on any atom is 0.336 e. The van der Waals surface area contributed by atoms with Crippen LogP contribution in [0, 0.1) is 6.92 Å². The minimum atomic E-state index is -0.909. The lowest BCUT2D eigenvalue weighted by molar-refractivity contribution is 0.0694. The highest BCUT2D eigenvalue weighted by atomic mass is 16.5. The number of aryl methyl sites for hydroxylation is 1. The molecule has 0 saturated heterocycles. The van der Waals surface area contributed by atoms with Crippen LogP contribution in [0.5, 0.6) is 5.75 Å². The Morgan fingerprint density at radius 1 is 1.62 bits per heavy atom. The smallest absolute Gasteiger partial charge is 0.336 e. The van der Waals surface area contributed by atoms with E-state index in [4.69, 9.17) is 4.74 Å². The summed E-state index contributed by atoms with van der Waals surface area (Å²) in [5, 5.41) is 9.27. The van der Waals surface area contributed by atoms with Crippen LogP contribution < -0.4 is 4.74 Å². The van der Waals surface area contributed by atoms with Crippen molar-refractivity contribution in [1.82, 2.24) is 0 Å². The Balaban J connectivity index is 2.76. The van der Waals surface area contributed by atoms with E-state index in [0.29, 0.717) is 17.9 Å². The van der Waals surface area contributed by atoms with Crippen molar-refractivity contribution in [2.75, 3.05) is 6.61 Å². The first-order valence-corrected chi connectivity index (χ1v) is 5.13. The molecular weight excluding hydrogens is 204 g/mol. The fraction of sp³-hybridized carbons (Fsp3) is 0.308. The summed E-state index contributed by atoms with van der Waals surface area (Å²) < 4.78 is 5.52. The molecule has 1 aromatic rings. The first-order chi connectivity index (χ1) is 7.49. The first-order valence-electron chi connectivity index (χ1n) is 5.13. The summed E-state index contributed by atoms with van der Waals surface area (Å²) >= 11 is 0. The Morgan fingerprint density at radius 2 is 2.31 bits per heavy atom. The molecule has 0 radical (unpaired) electrons. The molecule has 1 aliphatic heterocycles. The highest BCUT2D eigenvalue weighted by molar-refractivity contribution is 5.93. The molecule has 3 heteroatoms. The molecule has 1 heterocycles. The van der Waals surface area contributed by atoms with Gasteiger partial charge in [-0.2, -0.15) is 0 Å². The van der Waals surface area contributed by atoms with E-state index in [1.54, 1.807) is 19.1 Å². The van der Waals surface area contributed by atoms with Crippen molar-refractivity contribution >= 4 is 5.97 Å². The molecule has 1 unspecified atom stereocenters. The first kappa shape index (κ1) is 10.7. The number of benzene rings is 1. The lowest BCUT2D eigenvalue weighted by Crippen LogP contribution is -2.23. The van der Waals surface area contributed by atoms with Crippen LogP contribution in [-0.2, 0) is 5.41 Å². The fourth-order valence-corrected chi connectivity index (χ4v) is 2.11. The van der Waals surface area contributed by atoms with Gasteiger partial charge in [-0.3, -0.25) is 0 Å². The number of aromatic carboxylic acids is 1. The maximum atomic E-state index is 11.3. The van der Waals surface area contributed by atoms with Crippen LogP contribution in [-0.4, -0.2) is 17.7 Å². The molecule has 3 nitrogen and oxygen atoms in total.